The zero-order valence-corrected chi connectivity index (χ0v) is 22.4. The van der Waals surface area contributed by atoms with Crippen LogP contribution in [0.2, 0.25) is 0 Å². The van der Waals surface area contributed by atoms with E-state index in [0.29, 0.717) is 25.8 Å². The average Bonchev–Trinajstić information content (AvgIpc) is 3.48. The van der Waals surface area contributed by atoms with Crippen LogP contribution in [-0.2, 0) is 23.9 Å². The second-order valence-electron chi connectivity index (χ2n) is 10.8. The number of rotatable bonds is 14. The Morgan fingerprint density at radius 2 is 2.03 bits per heavy atom. The van der Waals surface area contributed by atoms with E-state index in [9.17, 15) is 19.5 Å². The third-order valence-electron chi connectivity index (χ3n) is 8.20. The van der Waals surface area contributed by atoms with Gasteiger partial charge in [-0.2, -0.15) is 0 Å². The van der Waals surface area contributed by atoms with Crippen molar-refractivity contribution >= 4 is 17.8 Å². The molecular weight excluding hydrogens is 460 g/mol. The normalized spacial score (nSPS) is 30.3. The molecule has 3 fully saturated rings. The van der Waals surface area contributed by atoms with Crippen molar-refractivity contribution < 1.29 is 29.0 Å². The molecule has 3 heterocycles. The fourth-order valence-electron chi connectivity index (χ4n) is 6.47. The molecular formula is C28H44N2O6. The fraction of sp³-hybridized carbons (Fsp3) is 0.750. The Labute approximate surface area is 215 Å². The highest BCUT2D eigenvalue weighted by Crippen LogP contribution is 2.59. The van der Waals surface area contributed by atoms with Crippen molar-refractivity contribution in [3.05, 3.63) is 25.3 Å². The minimum atomic E-state index is -1.10. The lowest BCUT2D eigenvalue weighted by molar-refractivity contribution is -0.157. The van der Waals surface area contributed by atoms with Crippen LogP contribution in [0.15, 0.2) is 25.3 Å². The average molecular weight is 505 g/mol. The molecule has 3 aliphatic heterocycles. The van der Waals surface area contributed by atoms with E-state index in [0.717, 1.165) is 19.3 Å². The number of likely N-dealkylation sites (tertiary alicyclic amines) is 1. The van der Waals surface area contributed by atoms with Crippen molar-refractivity contribution in [2.45, 2.75) is 96.1 Å². The highest BCUT2D eigenvalue weighted by atomic mass is 16.6. The van der Waals surface area contributed by atoms with Gasteiger partial charge in [0.15, 0.2) is 0 Å². The van der Waals surface area contributed by atoms with Gasteiger partial charge in [0.25, 0.3) is 0 Å². The summed E-state index contributed by atoms with van der Waals surface area (Å²) in [5, 5.41) is 10.3. The molecule has 0 saturated carbocycles. The van der Waals surface area contributed by atoms with Crippen LogP contribution in [0, 0.1) is 17.8 Å². The second kappa shape index (κ2) is 11.9. The van der Waals surface area contributed by atoms with Gasteiger partial charge in [-0.25, -0.2) is 0 Å². The molecule has 36 heavy (non-hydrogen) atoms. The van der Waals surface area contributed by atoms with Crippen LogP contribution in [0.5, 0.6) is 0 Å². The number of hydrogen-bond acceptors (Lipinski definition) is 6. The zero-order valence-electron chi connectivity index (χ0n) is 22.4. The number of unbranched alkanes of at least 4 members (excludes halogenated alkanes) is 1. The molecule has 0 aliphatic carbocycles. The highest BCUT2D eigenvalue weighted by Gasteiger charge is 2.75. The Kier molecular flexibility index (Phi) is 9.39. The van der Waals surface area contributed by atoms with Gasteiger partial charge in [0.2, 0.25) is 11.8 Å². The SMILES string of the molecule is C=CCCCOC(=O)[C@@H]1[C@H]2C(=O)N([C@@H](CO)C(C)C)C(C(=O)N(CC=C)C(C)CCC)C23CC[C@H]1O3. The Morgan fingerprint density at radius 1 is 1.31 bits per heavy atom. The molecule has 0 aromatic heterocycles. The first kappa shape index (κ1) is 28.4. The van der Waals surface area contributed by atoms with Gasteiger partial charge in [0.1, 0.15) is 11.6 Å². The zero-order chi connectivity index (χ0) is 26.6. The van der Waals surface area contributed by atoms with Crippen molar-refractivity contribution in [2.24, 2.45) is 17.8 Å². The van der Waals surface area contributed by atoms with Crippen molar-refractivity contribution in [1.82, 2.24) is 9.80 Å². The van der Waals surface area contributed by atoms with E-state index >= 15 is 0 Å². The molecule has 2 amide bonds. The first-order valence-electron chi connectivity index (χ1n) is 13.5. The van der Waals surface area contributed by atoms with Crippen molar-refractivity contribution in [1.29, 1.82) is 0 Å². The summed E-state index contributed by atoms with van der Waals surface area (Å²) in [6, 6.07) is -1.52. The number of carbonyl (C=O) groups is 3. The number of allylic oxidation sites excluding steroid dienone is 1. The van der Waals surface area contributed by atoms with E-state index in [2.05, 4.69) is 20.1 Å². The lowest BCUT2D eigenvalue weighted by Crippen LogP contribution is -2.60. The quantitative estimate of drug-likeness (QED) is 0.222. The standard InChI is InChI=1S/C28H44N2O6/c1-7-10-11-16-35-27(34)22-21-13-14-28(36-21)23(22)25(32)30(20(17-31)18(4)5)24(28)26(33)29(15-9-3)19(6)12-8-2/h7,9,18-24,31H,1,3,8,10-17H2,2,4-6H3/t19?,20-,21+,22-,23-,24?,28?/m0/s1. The molecule has 7 atom stereocenters. The monoisotopic (exact) mass is 504 g/mol. The number of fused-ring (bicyclic) bond motifs is 1. The number of esters is 1. The predicted molar refractivity (Wildman–Crippen MR) is 137 cm³/mol. The van der Waals surface area contributed by atoms with Gasteiger partial charge in [-0.3, -0.25) is 14.4 Å². The smallest absolute Gasteiger partial charge is 0.312 e. The predicted octanol–water partition coefficient (Wildman–Crippen LogP) is 3.09. The molecule has 3 saturated heterocycles. The summed E-state index contributed by atoms with van der Waals surface area (Å²) in [5.74, 6) is -2.57. The van der Waals surface area contributed by atoms with Crippen molar-refractivity contribution in [2.75, 3.05) is 19.8 Å². The molecule has 2 bridgehead atoms. The lowest BCUT2D eigenvalue weighted by atomic mass is 9.70. The summed E-state index contributed by atoms with van der Waals surface area (Å²) in [7, 11) is 0. The van der Waals surface area contributed by atoms with E-state index in [-0.39, 0.29) is 37.0 Å². The number of amides is 2. The Morgan fingerprint density at radius 3 is 2.61 bits per heavy atom. The number of ether oxygens (including phenoxy) is 2. The van der Waals surface area contributed by atoms with E-state index in [4.69, 9.17) is 9.47 Å². The second-order valence-corrected chi connectivity index (χ2v) is 10.8. The maximum absolute atomic E-state index is 14.3. The molecule has 8 heteroatoms. The Balaban J connectivity index is 2.02. The number of aliphatic hydroxyl groups is 1. The summed E-state index contributed by atoms with van der Waals surface area (Å²) >= 11 is 0. The summed E-state index contributed by atoms with van der Waals surface area (Å²) in [4.78, 5) is 44.9. The van der Waals surface area contributed by atoms with Crippen LogP contribution in [0.25, 0.3) is 0 Å². The van der Waals surface area contributed by atoms with Gasteiger partial charge >= 0.3 is 5.97 Å². The van der Waals surface area contributed by atoms with Crippen LogP contribution in [-0.4, -0.2) is 82.3 Å². The van der Waals surface area contributed by atoms with Gasteiger partial charge in [-0.1, -0.05) is 39.3 Å². The van der Waals surface area contributed by atoms with Gasteiger partial charge in [0, 0.05) is 12.6 Å². The number of nitrogens with zero attached hydrogens (tertiary/aromatic N) is 2. The lowest BCUT2D eigenvalue weighted by Gasteiger charge is -2.41. The molecule has 0 radical (unpaired) electrons. The summed E-state index contributed by atoms with van der Waals surface area (Å²) in [6.07, 6.45) is 7.24. The Hall–Kier alpha value is -2.19. The molecule has 3 unspecified atom stereocenters. The van der Waals surface area contributed by atoms with Crippen LogP contribution in [0.4, 0.5) is 0 Å². The molecule has 0 aromatic carbocycles. The summed E-state index contributed by atoms with van der Waals surface area (Å²) < 4.78 is 12.0. The maximum atomic E-state index is 14.3. The topological polar surface area (TPSA) is 96.4 Å². The van der Waals surface area contributed by atoms with Crippen LogP contribution >= 0.6 is 0 Å². The van der Waals surface area contributed by atoms with Gasteiger partial charge in [0.05, 0.1) is 37.2 Å². The van der Waals surface area contributed by atoms with Crippen LogP contribution in [0.1, 0.15) is 66.2 Å². The Bertz CT molecular complexity index is 844. The van der Waals surface area contributed by atoms with Crippen LogP contribution in [0.3, 0.4) is 0 Å². The van der Waals surface area contributed by atoms with E-state index in [1.54, 1.807) is 22.0 Å². The first-order chi connectivity index (χ1) is 17.2. The molecule has 1 N–H and O–H groups in total. The van der Waals surface area contributed by atoms with Gasteiger partial charge < -0.3 is 24.4 Å². The third-order valence-corrected chi connectivity index (χ3v) is 8.20. The fourth-order valence-corrected chi connectivity index (χ4v) is 6.47. The number of carbonyl (C=O) groups excluding carboxylic acids is 3. The van der Waals surface area contributed by atoms with E-state index in [1.807, 2.05) is 20.8 Å². The third kappa shape index (κ3) is 4.86. The first-order valence-corrected chi connectivity index (χ1v) is 13.5. The maximum Gasteiger partial charge on any atom is 0.312 e. The van der Waals surface area contributed by atoms with Gasteiger partial charge in [-0.05, 0) is 44.9 Å². The summed E-state index contributed by atoms with van der Waals surface area (Å²) in [6.45, 7) is 15.8. The molecule has 202 valence electrons. The highest BCUT2D eigenvalue weighted by molar-refractivity contribution is 5.98. The number of hydrogen-bond donors (Lipinski definition) is 1. The van der Waals surface area contributed by atoms with Gasteiger partial charge in [-0.15, -0.1) is 13.2 Å². The number of aliphatic hydroxyl groups excluding tert-OH is 1. The largest absolute Gasteiger partial charge is 0.465 e. The molecule has 3 rings (SSSR count). The van der Waals surface area contributed by atoms with Crippen LogP contribution < -0.4 is 0 Å². The summed E-state index contributed by atoms with van der Waals surface area (Å²) in [5.41, 5.74) is -1.10. The van der Waals surface area contributed by atoms with Crippen molar-refractivity contribution in [3.8, 4) is 0 Å². The molecule has 3 aliphatic rings. The van der Waals surface area contributed by atoms with Crippen molar-refractivity contribution in [3.63, 3.8) is 0 Å². The molecule has 8 nitrogen and oxygen atoms in total. The molecule has 1 spiro atoms. The minimum absolute atomic E-state index is 0.0521. The van der Waals surface area contributed by atoms with E-state index < -0.39 is 41.6 Å². The molecule has 0 aromatic rings. The minimum Gasteiger partial charge on any atom is -0.465 e. The van der Waals surface area contributed by atoms with E-state index in [1.165, 1.54) is 0 Å².